The molecule has 0 spiro atoms. The van der Waals surface area contributed by atoms with Crippen molar-refractivity contribution in [2.24, 2.45) is 0 Å². The highest BCUT2D eigenvalue weighted by Gasteiger charge is 2.09. The van der Waals surface area contributed by atoms with Crippen molar-refractivity contribution in [1.29, 1.82) is 0 Å². The molecule has 0 unspecified atom stereocenters. The Morgan fingerprint density at radius 3 is 2.29 bits per heavy atom. The molecular formula is C13H7F3O. The van der Waals surface area contributed by atoms with E-state index in [1.165, 1.54) is 12.1 Å². The standard InChI is InChI=1S/C13H7F3O/c14-10-2-3-11(9(5-10)7-17)8-1-4-12(15)13(16)6-8/h1-7H. The van der Waals surface area contributed by atoms with Crippen molar-refractivity contribution in [2.75, 3.05) is 0 Å². The summed E-state index contributed by atoms with van der Waals surface area (Å²) in [7, 11) is 0. The molecule has 0 aliphatic carbocycles. The Balaban J connectivity index is 2.59. The Morgan fingerprint density at radius 1 is 0.882 bits per heavy atom. The summed E-state index contributed by atoms with van der Waals surface area (Å²) in [6.45, 7) is 0. The second-order valence-electron chi connectivity index (χ2n) is 3.48. The molecule has 0 saturated heterocycles. The average Bonchev–Trinajstić information content (AvgIpc) is 2.32. The van der Waals surface area contributed by atoms with Crippen LogP contribution in [-0.4, -0.2) is 6.29 Å². The van der Waals surface area contributed by atoms with Crippen molar-refractivity contribution >= 4 is 6.29 Å². The van der Waals surface area contributed by atoms with Crippen LogP contribution in [0.2, 0.25) is 0 Å². The van der Waals surface area contributed by atoms with Gasteiger partial charge in [-0.25, -0.2) is 13.2 Å². The largest absolute Gasteiger partial charge is 0.298 e. The van der Waals surface area contributed by atoms with Crippen LogP contribution in [0.3, 0.4) is 0 Å². The number of hydrogen-bond donors (Lipinski definition) is 0. The van der Waals surface area contributed by atoms with Gasteiger partial charge in [-0.15, -0.1) is 0 Å². The zero-order valence-corrected chi connectivity index (χ0v) is 8.58. The Hall–Kier alpha value is -2.10. The number of aldehydes is 1. The van der Waals surface area contributed by atoms with Gasteiger partial charge >= 0.3 is 0 Å². The lowest BCUT2D eigenvalue weighted by atomic mass is 10.00. The first-order valence-electron chi connectivity index (χ1n) is 4.82. The van der Waals surface area contributed by atoms with Gasteiger partial charge in [0.25, 0.3) is 0 Å². The van der Waals surface area contributed by atoms with Crippen LogP contribution in [0.25, 0.3) is 11.1 Å². The molecule has 4 heteroatoms. The molecule has 0 saturated carbocycles. The van der Waals surface area contributed by atoms with E-state index in [4.69, 9.17) is 0 Å². The first-order chi connectivity index (χ1) is 8.11. The Labute approximate surface area is 95.5 Å². The van der Waals surface area contributed by atoms with Crippen molar-refractivity contribution in [3.05, 3.63) is 59.4 Å². The molecule has 0 aliphatic rings. The van der Waals surface area contributed by atoms with Gasteiger partial charge in [0.15, 0.2) is 17.9 Å². The predicted molar refractivity (Wildman–Crippen MR) is 57.1 cm³/mol. The minimum absolute atomic E-state index is 0.0935. The number of hydrogen-bond acceptors (Lipinski definition) is 1. The van der Waals surface area contributed by atoms with Gasteiger partial charge in [-0.3, -0.25) is 4.79 Å². The van der Waals surface area contributed by atoms with E-state index >= 15 is 0 Å². The number of halogens is 3. The summed E-state index contributed by atoms with van der Waals surface area (Å²) in [6.07, 6.45) is 0.472. The molecule has 0 bridgehead atoms. The van der Waals surface area contributed by atoms with Crippen LogP contribution < -0.4 is 0 Å². The fraction of sp³-hybridized carbons (Fsp3) is 0. The predicted octanol–water partition coefficient (Wildman–Crippen LogP) is 3.58. The first-order valence-corrected chi connectivity index (χ1v) is 4.82. The van der Waals surface area contributed by atoms with Gasteiger partial charge in [-0.2, -0.15) is 0 Å². The molecule has 0 fully saturated rings. The van der Waals surface area contributed by atoms with Gasteiger partial charge in [0.05, 0.1) is 0 Å². The minimum atomic E-state index is -1.01. The van der Waals surface area contributed by atoms with Crippen LogP contribution in [-0.2, 0) is 0 Å². The van der Waals surface area contributed by atoms with Crippen molar-refractivity contribution in [3.8, 4) is 11.1 Å². The summed E-state index contributed by atoms with van der Waals surface area (Å²) in [4.78, 5) is 10.8. The molecule has 0 amide bonds. The zero-order chi connectivity index (χ0) is 12.4. The Kier molecular flexibility index (Phi) is 2.95. The number of carbonyl (C=O) groups excluding carboxylic acids is 1. The lowest BCUT2D eigenvalue weighted by Gasteiger charge is -2.05. The maximum Gasteiger partial charge on any atom is 0.159 e. The highest BCUT2D eigenvalue weighted by molar-refractivity contribution is 5.87. The molecule has 0 heterocycles. The van der Waals surface area contributed by atoms with Crippen LogP contribution in [0, 0.1) is 17.5 Å². The number of rotatable bonds is 2. The van der Waals surface area contributed by atoms with Crippen molar-refractivity contribution in [3.63, 3.8) is 0 Å². The van der Waals surface area contributed by atoms with Crippen LogP contribution in [0.1, 0.15) is 10.4 Å². The molecule has 0 N–H and O–H groups in total. The Morgan fingerprint density at radius 2 is 1.65 bits per heavy atom. The zero-order valence-electron chi connectivity index (χ0n) is 8.58. The highest BCUT2D eigenvalue weighted by atomic mass is 19.2. The molecule has 2 aromatic carbocycles. The normalized spacial score (nSPS) is 10.3. The molecule has 0 aliphatic heterocycles. The monoisotopic (exact) mass is 236 g/mol. The second kappa shape index (κ2) is 4.41. The third-order valence-electron chi connectivity index (χ3n) is 2.37. The van der Waals surface area contributed by atoms with Crippen LogP contribution >= 0.6 is 0 Å². The van der Waals surface area contributed by atoms with E-state index in [1.54, 1.807) is 0 Å². The van der Waals surface area contributed by atoms with Gasteiger partial charge < -0.3 is 0 Å². The van der Waals surface area contributed by atoms with Gasteiger partial charge in [0.2, 0.25) is 0 Å². The molecule has 0 aromatic heterocycles. The van der Waals surface area contributed by atoms with Crippen molar-refractivity contribution in [2.45, 2.75) is 0 Å². The molecule has 1 nitrogen and oxygen atoms in total. The lowest BCUT2D eigenvalue weighted by molar-refractivity contribution is 0.112. The third-order valence-corrected chi connectivity index (χ3v) is 2.37. The maximum absolute atomic E-state index is 13.0. The van der Waals surface area contributed by atoms with E-state index in [0.717, 1.165) is 24.3 Å². The summed E-state index contributed by atoms with van der Waals surface area (Å²) in [5.41, 5.74) is 0.780. The quantitative estimate of drug-likeness (QED) is 0.728. The summed E-state index contributed by atoms with van der Waals surface area (Å²) in [6, 6.07) is 6.82. The molecule has 17 heavy (non-hydrogen) atoms. The van der Waals surface area contributed by atoms with Crippen molar-refractivity contribution in [1.82, 2.24) is 0 Å². The topological polar surface area (TPSA) is 17.1 Å². The molecule has 2 rings (SSSR count). The number of carbonyl (C=O) groups is 1. The molecule has 2 aromatic rings. The summed E-state index contributed by atoms with van der Waals surface area (Å²) in [5.74, 6) is -2.54. The maximum atomic E-state index is 13.0. The van der Waals surface area contributed by atoms with E-state index < -0.39 is 17.5 Å². The van der Waals surface area contributed by atoms with Crippen LogP contribution in [0.15, 0.2) is 36.4 Å². The van der Waals surface area contributed by atoms with E-state index in [1.807, 2.05) is 0 Å². The van der Waals surface area contributed by atoms with E-state index in [2.05, 4.69) is 0 Å². The third kappa shape index (κ3) is 2.20. The van der Waals surface area contributed by atoms with Crippen LogP contribution in [0.4, 0.5) is 13.2 Å². The summed E-state index contributed by atoms with van der Waals surface area (Å²) >= 11 is 0. The smallest absolute Gasteiger partial charge is 0.159 e. The second-order valence-corrected chi connectivity index (χ2v) is 3.48. The van der Waals surface area contributed by atoms with Crippen molar-refractivity contribution < 1.29 is 18.0 Å². The van der Waals surface area contributed by atoms with Gasteiger partial charge in [0.1, 0.15) is 5.82 Å². The van der Waals surface area contributed by atoms with Gasteiger partial charge in [-0.1, -0.05) is 12.1 Å². The molecule has 86 valence electrons. The molecule has 0 atom stereocenters. The summed E-state index contributed by atoms with van der Waals surface area (Å²) in [5, 5.41) is 0. The van der Waals surface area contributed by atoms with Crippen LogP contribution in [0.5, 0.6) is 0 Å². The van der Waals surface area contributed by atoms with E-state index in [-0.39, 0.29) is 5.56 Å². The SMILES string of the molecule is O=Cc1cc(F)ccc1-c1ccc(F)c(F)c1. The number of benzene rings is 2. The minimum Gasteiger partial charge on any atom is -0.298 e. The fourth-order valence-electron chi connectivity index (χ4n) is 1.56. The highest BCUT2D eigenvalue weighted by Crippen LogP contribution is 2.25. The molecular weight excluding hydrogens is 229 g/mol. The van der Waals surface area contributed by atoms with E-state index in [9.17, 15) is 18.0 Å². The summed E-state index contributed by atoms with van der Waals surface area (Å²) < 4.78 is 38.7. The average molecular weight is 236 g/mol. The van der Waals surface area contributed by atoms with E-state index in [0.29, 0.717) is 17.4 Å². The fourth-order valence-corrected chi connectivity index (χ4v) is 1.56. The van der Waals surface area contributed by atoms with Gasteiger partial charge in [0, 0.05) is 5.56 Å². The Bertz CT molecular complexity index is 579. The lowest BCUT2D eigenvalue weighted by Crippen LogP contribution is -1.91. The first kappa shape index (κ1) is 11.4. The van der Waals surface area contributed by atoms with Gasteiger partial charge in [-0.05, 0) is 35.4 Å². The molecule has 0 radical (unpaired) electrons.